The highest BCUT2D eigenvalue weighted by Gasteiger charge is 2.24. The van der Waals surface area contributed by atoms with Gasteiger partial charge in [0.25, 0.3) is 0 Å². The smallest absolute Gasteiger partial charge is 0.231 e. The number of amides is 1. The number of nitrogens with one attached hydrogen (secondary N) is 1. The third-order valence-electron chi connectivity index (χ3n) is 2.95. The van der Waals surface area contributed by atoms with E-state index in [1.54, 1.807) is 4.90 Å². The lowest BCUT2D eigenvalue weighted by Gasteiger charge is -2.19. The molecule has 1 aliphatic rings. The number of hydrogen-bond acceptors (Lipinski definition) is 2. The molecule has 3 nitrogen and oxygen atoms in total. The van der Waals surface area contributed by atoms with Crippen molar-refractivity contribution in [2.45, 2.75) is 13.8 Å². The molecule has 0 unspecified atom stereocenters. The maximum atomic E-state index is 11.9. The van der Waals surface area contributed by atoms with Crippen LogP contribution >= 0.6 is 0 Å². The first-order chi connectivity index (χ1) is 7.11. The second kappa shape index (κ2) is 3.57. The Morgan fingerprint density at radius 2 is 2.20 bits per heavy atom. The third-order valence-corrected chi connectivity index (χ3v) is 2.95. The van der Waals surface area contributed by atoms with Crippen molar-refractivity contribution in [3.8, 4) is 0 Å². The molecular formula is C12H16N2O. The zero-order valence-electron chi connectivity index (χ0n) is 9.37. The maximum Gasteiger partial charge on any atom is 0.231 e. The largest absolute Gasteiger partial charge is 0.382 e. The van der Waals surface area contributed by atoms with Gasteiger partial charge in [0.05, 0.1) is 17.3 Å². The van der Waals surface area contributed by atoms with Gasteiger partial charge in [0.15, 0.2) is 0 Å². The van der Waals surface area contributed by atoms with Gasteiger partial charge < -0.3 is 10.2 Å². The van der Waals surface area contributed by atoms with Crippen LogP contribution in [0.1, 0.15) is 12.5 Å². The third kappa shape index (κ3) is 1.58. The summed E-state index contributed by atoms with van der Waals surface area (Å²) in [5.74, 6) is 0.202. The molecule has 0 saturated carbocycles. The number of fused-ring (bicyclic) bond motifs is 1. The first kappa shape index (κ1) is 10.0. The van der Waals surface area contributed by atoms with Crippen LogP contribution < -0.4 is 10.2 Å². The summed E-state index contributed by atoms with van der Waals surface area (Å²) in [6.07, 6.45) is 0. The highest BCUT2D eigenvalue weighted by molar-refractivity contribution is 5.99. The average molecular weight is 204 g/mol. The minimum atomic E-state index is 0.0294. The Labute approximate surface area is 90.1 Å². The fraction of sp³-hybridized carbons (Fsp3) is 0.417. The summed E-state index contributed by atoms with van der Waals surface area (Å²) in [6, 6.07) is 6.01. The first-order valence-corrected chi connectivity index (χ1v) is 5.22. The van der Waals surface area contributed by atoms with E-state index in [0.29, 0.717) is 6.54 Å². The van der Waals surface area contributed by atoms with Crippen LogP contribution in [0.15, 0.2) is 18.2 Å². The fourth-order valence-electron chi connectivity index (χ4n) is 1.95. The van der Waals surface area contributed by atoms with Crippen molar-refractivity contribution in [2.75, 3.05) is 23.8 Å². The molecule has 0 spiro atoms. The van der Waals surface area contributed by atoms with Gasteiger partial charge in [-0.25, -0.2) is 0 Å². The van der Waals surface area contributed by atoms with Crippen molar-refractivity contribution in [3.05, 3.63) is 23.8 Å². The number of carbonyl (C=O) groups is 1. The fourth-order valence-corrected chi connectivity index (χ4v) is 1.95. The van der Waals surface area contributed by atoms with E-state index in [1.807, 2.05) is 26.1 Å². The molecule has 0 aliphatic carbocycles. The van der Waals surface area contributed by atoms with Crippen LogP contribution in [0.5, 0.6) is 0 Å². The number of carbonyl (C=O) groups excluding carboxylic acids is 1. The first-order valence-electron chi connectivity index (χ1n) is 5.22. The van der Waals surface area contributed by atoms with Gasteiger partial charge in [-0.1, -0.05) is 19.1 Å². The predicted molar refractivity (Wildman–Crippen MR) is 62.2 cm³/mol. The highest BCUT2D eigenvalue weighted by atomic mass is 16.2. The number of para-hydroxylation sites is 1. The molecule has 1 N–H and O–H groups in total. The molecule has 15 heavy (non-hydrogen) atoms. The summed E-state index contributed by atoms with van der Waals surface area (Å²) >= 11 is 0. The van der Waals surface area contributed by atoms with Crippen LogP contribution in [-0.4, -0.2) is 19.5 Å². The van der Waals surface area contributed by atoms with Gasteiger partial charge in [-0.05, 0) is 18.6 Å². The summed E-state index contributed by atoms with van der Waals surface area (Å²) in [5, 5.41) is 3.34. The molecule has 80 valence electrons. The summed E-state index contributed by atoms with van der Waals surface area (Å²) in [7, 11) is 1.84. The number of anilines is 2. The van der Waals surface area contributed by atoms with Crippen LogP contribution in [0.3, 0.4) is 0 Å². The Kier molecular flexibility index (Phi) is 2.39. The summed E-state index contributed by atoms with van der Waals surface area (Å²) in [5.41, 5.74) is 3.24. The highest BCUT2D eigenvalue weighted by Crippen LogP contribution is 2.31. The summed E-state index contributed by atoms with van der Waals surface area (Å²) in [6.45, 7) is 4.72. The van der Waals surface area contributed by atoms with Gasteiger partial charge in [-0.2, -0.15) is 0 Å². The van der Waals surface area contributed by atoms with E-state index >= 15 is 0 Å². The molecule has 1 amide bonds. The van der Waals surface area contributed by atoms with Gasteiger partial charge >= 0.3 is 0 Å². The standard InChI is InChI=1S/C12H16N2O/c1-8-5-4-6-10-11(8)13-7-9(2)12(15)14(10)3/h4-6,9,13H,7H2,1-3H3/t9-/m0/s1. The van der Waals surface area contributed by atoms with Crippen molar-refractivity contribution in [3.63, 3.8) is 0 Å². The van der Waals surface area contributed by atoms with Crippen LogP contribution in [0.4, 0.5) is 11.4 Å². The maximum absolute atomic E-state index is 11.9. The lowest BCUT2D eigenvalue weighted by molar-refractivity contribution is -0.121. The molecule has 1 aliphatic heterocycles. The van der Waals surface area contributed by atoms with E-state index in [9.17, 15) is 4.79 Å². The second-order valence-corrected chi connectivity index (χ2v) is 4.15. The molecule has 1 heterocycles. The molecule has 3 heteroatoms. The normalized spacial score (nSPS) is 20.6. The Balaban J connectivity index is 2.52. The average Bonchev–Trinajstić information content (AvgIpc) is 2.33. The van der Waals surface area contributed by atoms with Gasteiger partial charge in [0.2, 0.25) is 5.91 Å². The van der Waals surface area contributed by atoms with Gasteiger partial charge in [0, 0.05) is 13.6 Å². The van der Waals surface area contributed by atoms with Crippen LogP contribution in [0.25, 0.3) is 0 Å². The van der Waals surface area contributed by atoms with E-state index in [0.717, 1.165) is 11.4 Å². The predicted octanol–water partition coefficient (Wildman–Crippen LogP) is 2.02. The van der Waals surface area contributed by atoms with Crippen LogP contribution in [-0.2, 0) is 4.79 Å². The molecule has 2 rings (SSSR count). The van der Waals surface area contributed by atoms with Crippen molar-refractivity contribution in [2.24, 2.45) is 5.92 Å². The van der Waals surface area contributed by atoms with E-state index in [2.05, 4.69) is 18.3 Å². The molecule has 0 radical (unpaired) electrons. The summed E-state index contributed by atoms with van der Waals surface area (Å²) in [4.78, 5) is 13.6. The van der Waals surface area contributed by atoms with Crippen molar-refractivity contribution in [1.29, 1.82) is 0 Å². The SMILES string of the molecule is Cc1cccc2c1NC[C@H](C)C(=O)N2C. The Bertz CT molecular complexity index is 401. The number of rotatable bonds is 0. The second-order valence-electron chi connectivity index (χ2n) is 4.15. The van der Waals surface area contributed by atoms with Crippen LogP contribution in [0.2, 0.25) is 0 Å². The van der Waals surface area contributed by atoms with Gasteiger partial charge in [0.1, 0.15) is 0 Å². The van der Waals surface area contributed by atoms with E-state index in [1.165, 1.54) is 5.56 Å². The van der Waals surface area contributed by atoms with E-state index in [4.69, 9.17) is 0 Å². The zero-order chi connectivity index (χ0) is 11.0. The minimum absolute atomic E-state index is 0.0294. The van der Waals surface area contributed by atoms with Gasteiger partial charge in [-0.15, -0.1) is 0 Å². The van der Waals surface area contributed by atoms with Gasteiger partial charge in [-0.3, -0.25) is 4.79 Å². The van der Waals surface area contributed by atoms with Crippen molar-refractivity contribution < 1.29 is 4.79 Å². The number of aryl methyl sites for hydroxylation is 1. The Hall–Kier alpha value is -1.51. The Morgan fingerprint density at radius 1 is 1.47 bits per heavy atom. The lowest BCUT2D eigenvalue weighted by atomic mass is 10.1. The molecule has 0 saturated heterocycles. The summed E-state index contributed by atoms with van der Waals surface area (Å²) < 4.78 is 0. The Morgan fingerprint density at radius 3 is 2.93 bits per heavy atom. The van der Waals surface area contributed by atoms with Crippen molar-refractivity contribution in [1.82, 2.24) is 0 Å². The van der Waals surface area contributed by atoms with E-state index in [-0.39, 0.29) is 11.8 Å². The van der Waals surface area contributed by atoms with Crippen LogP contribution in [0, 0.1) is 12.8 Å². The minimum Gasteiger partial charge on any atom is -0.382 e. The molecule has 1 aromatic rings. The zero-order valence-corrected chi connectivity index (χ0v) is 9.37. The molecule has 0 aromatic heterocycles. The molecule has 1 atom stereocenters. The monoisotopic (exact) mass is 204 g/mol. The van der Waals surface area contributed by atoms with Crippen molar-refractivity contribution >= 4 is 17.3 Å². The topological polar surface area (TPSA) is 32.3 Å². The lowest BCUT2D eigenvalue weighted by Crippen LogP contribution is -2.31. The van der Waals surface area contributed by atoms with E-state index < -0.39 is 0 Å². The number of nitrogens with zero attached hydrogens (tertiary/aromatic N) is 1. The number of hydrogen-bond donors (Lipinski definition) is 1. The molecule has 0 bridgehead atoms. The quantitative estimate of drug-likeness (QED) is 0.701. The number of benzene rings is 1. The molecule has 1 aromatic carbocycles. The molecular weight excluding hydrogens is 188 g/mol. The molecule has 0 fully saturated rings.